The van der Waals surface area contributed by atoms with Gasteiger partial charge in [-0.2, -0.15) is 0 Å². The zero-order chi connectivity index (χ0) is 35.0. The van der Waals surface area contributed by atoms with E-state index in [9.17, 15) is 49.0 Å². The van der Waals surface area contributed by atoms with Crippen LogP contribution >= 0.6 is 11.8 Å². The fraction of sp³-hybridized carbons (Fsp3) is 0.438. The Labute approximate surface area is 279 Å². The summed E-state index contributed by atoms with van der Waals surface area (Å²) in [4.78, 5) is 25.0. The number of aliphatic hydroxyl groups is 6. The van der Waals surface area contributed by atoms with Crippen molar-refractivity contribution < 1.29 is 67.2 Å². The van der Waals surface area contributed by atoms with E-state index in [4.69, 9.17) is 27.8 Å². The molecule has 264 valence electrons. The third-order valence-corrected chi connectivity index (χ3v) is 9.68. The van der Waals surface area contributed by atoms with Crippen molar-refractivity contribution in [3.05, 3.63) is 92.1 Å². The molecule has 2 aromatic heterocycles. The zero-order valence-electron chi connectivity index (χ0n) is 25.3. The van der Waals surface area contributed by atoms with E-state index in [0.717, 1.165) is 0 Å². The number of hydrogen-bond acceptors (Lipinski definition) is 15. The quantitative estimate of drug-likeness (QED) is 0.122. The molecule has 0 amide bonds. The van der Waals surface area contributed by atoms with Gasteiger partial charge >= 0.3 is 11.3 Å². The summed E-state index contributed by atoms with van der Waals surface area (Å²) in [5.74, 6) is -1.31. The lowest BCUT2D eigenvalue weighted by Gasteiger charge is -2.46. The van der Waals surface area contributed by atoms with Crippen LogP contribution in [0.25, 0.3) is 21.9 Å². The Morgan fingerprint density at radius 3 is 1.45 bits per heavy atom. The zero-order valence-corrected chi connectivity index (χ0v) is 26.2. The maximum Gasteiger partial charge on any atom is 0.341 e. The molecule has 14 nitrogen and oxygen atoms in total. The van der Waals surface area contributed by atoms with Crippen LogP contribution in [0.4, 0.5) is 8.78 Å². The topological polar surface area (TPSA) is 219 Å². The molecule has 0 saturated carbocycles. The van der Waals surface area contributed by atoms with Crippen LogP contribution < -0.4 is 11.3 Å². The second kappa shape index (κ2) is 14.9. The Balaban J connectivity index is 1.18. The van der Waals surface area contributed by atoms with E-state index in [1.807, 2.05) is 0 Å². The highest BCUT2D eigenvalue weighted by atomic mass is 32.2. The highest BCUT2D eigenvalue weighted by molar-refractivity contribution is 8.00. The molecule has 0 aliphatic carbocycles. The number of benzene rings is 2. The summed E-state index contributed by atoms with van der Waals surface area (Å²) in [6.07, 6.45) is -12.2. The smallest absolute Gasteiger partial charge is 0.341 e. The normalized spacial score (nSPS) is 30.6. The predicted octanol–water partition coefficient (Wildman–Crippen LogP) is 0.259. The molecule has 0 unspecified atom stereocenters. The van der Waals surface area contributed by atoms with E-state index in [-0.39, 0.29) is 33.1 Å². The molecular weight excluding hydrogens is 678 g/mol. The van der Waals surface area contributed by atoms with Gasteiger partial charge in [0.1, 0.15) is 82.5 Å². The first kappa shape index (κ1) is 35.5. The van der Waals surface area contributed by atoms with Crippen molar-refractivity contribution in [2.45, 2.75) is 72.9 Å². The van der Waals surface area contributed by atoms with Gasteiger partial charge in [-0.1, -0.05) is 23.9 Å². The average Bonchev–Trinajstić information content (AvgIpc) is 3.07. The minimum atomic E-state index is -1.68. The SMILES string of the molecule is O=c1oc2cccc(F)c2cc1CO[C@H]1[C@@H](O)[C@@H](CO)O[C@@H](S[C@@H]2O[C@H](CO)[C@H](O)[C@H](OCc3cc4c(F)cccc4oc3=O)[C@H]2O)[C@@H]1O. The van der Waals surface area contributed by atoms with Crippen LogP contribution in [-0.2, 0) is 32.2 Å². The second-order valence-electron chi connectivity index (χ2n) is 11.5. The first-order valence-corrected chi connectivity index (χ1v) is 16.0. The second-order valence-corrected chi connectivity index (χ2v) is 12.7. The summed E-state index contributed by atoms with van der Waals surface area (Å²) < 4.78 is 61.7. The molecule has 6 N–H and O–H groups in total. The maximum atomic E-state index is 14.3. The third kappa shape index (κ3) is 7.15. The van der Waals surface area contributed by atoms with Gasteiger partial charge in [-0.3, -0.25) is 0 Å². The first-order valence-electron chi connectivity index (χ1n) is 15.1. The van der Waals surface area contributed by atoms with Gasteiger partial charge in [-0.05, 0) is 36.4 Å². The summed E-state index contributed by atoms with van der Waals surface area (Å²) in [7, 11) is 0. The molecule has 2 saturated heterocycles. The molecule has 6 rings (SSSR count). The molecule has 2 fully saturated rings. The van der Waals surface area contributed by atoms with Gasteiger partial charge in [0.15, 0.2) is 0 Å². The van der Waals surface area contributed by atoms with Crippen molar-refractivity contribution in [3.63, 3.8) is 0 Å². The Morgan fingerprint density at radius 1 is 0.653 bits per heavy atom. The number of halogens is 2. The molecule has 2 aliphatic rings. The number of rotatable bonds is 10. The van der Waals surface area contributed by atoms with E-state index < -0.39 is 109 Å². The molecule has 17 heteroatoms. The van der Waals surface area contributed by atoms with Crippen molar-refractivity contribution >= 4 is 33.7 Å². The third-order valence-electron chi connectivity index (χ3n) is 8.37. The van der Waals surface area contributed by atoms with Gasteiger partial charge in [0.05, 0.1) is 48.3 Å². The summed E-state index contributed by atoms with van der Waals surface area (Å²) in [5.41, 5.74) is -4.67. The fourth-order valence-electron chi connectivity index (χ4n) is 5.72. The Morgan fingerprint density at radius 2 is 1.06 bits per heavy atom. The number of thioether (sulfide) groups is 1. The standard InChI is InChI=1S/C32H32F2O14S/c33-17-3-1-5-19-15(17)7-13(29(41)45-19)11-43-27-23(37)21(9-35)47-31(25(27)39)49-32-26(40)28(24(38)22(10-36)48-32)44-12-14-8-16-18(34)4-2-6-20(16)46-30(14)42/h1-8,21-28,31-32,35-40H,9-12H2/t21-,22-,23+,24+,25-,26-,27+,28+,31+,32+/m1/s1. The summed E-state index contributed by atoms with van der Waals surface area (Å²) in [5, 5.41) is 63.9. The highest BCUT2D eigenvalue weighted by Crippen LogP contribution is 2.38. The molecule has 2 aromatic carbocycles. The van der Waals surface area contributed by atoms with E-state index in [1.165, 1.54) is 48.5 Å². The van der Waals surface area contributed by atoms with Crippen LogP contribution in [0.5, 0.6) is 0 Å². The minimum Gasteiger partial charge on any atom is -0.422 e. The summed E-state index contributed by atoms with van der Waals surface area (Å²) >= 11 is 0.656. The molecule has 0 bridgehead atoms. The number of fused-ring (bicyclic) bond motifs is 2. The number of hydrogen-bond donors (Lipinski definition) is 6. The number of aliphatic hydroxyl groups excluding tert-OH is 6. The fourth-order valence-corrected chi connectivity index (χ4v) is 7.03. The van der Waals surface area contributed by atoms with Crippen molar-refractivity contribution in [2.24, 2.45) is 0 Å². The van der Waals surface area contributed by atoms with Crippen LogP contribution in [0.2, 0.25) is 0 Å². The first-order chi connectivity index (χ1) is 23.5. The van der Waals surface area contributed by atoms with Crippen LogP contribution in [0.3, 0.4) is 0 Å². The van der Waals surface area contributed by atoms with Gasteiger partial charge in [0.25, 0.3) is 0 Å². The van der Waals surface area contributed by atoms with Gasteiger partial charge < -0.3 is 58.4 Å². The van der Waals surface area contributed by atoms with Crippen LogP contribution in [0.15, 0.2) is 67.0 Å². The number of ether oxygens (including phenoxy) is 4. The largest absolute Gasteiger partial charge is 0.422 e. The molecule has 4 heterocycles. The highest BCUT2D eigenvalue weighted by Gasteiger charge is 2.51. The maximum absolute atomic E-state index is 14.3. The van der Waals surface area contributed by atoms with E-state index in [0.29, 0.717) is 11.8 Å². The summed E-state index contributed by atoms with van der Waals surface area (Å²) in [6, 6.07) is 10.3. The van der Waals surface area contributed by atoms with Crippen LogP contribution in [-0.4, -0.2) is 104 Å². The van der Waals surface area contributed by atoms with Crippen molar-refractivity contribution in [1.82, 2.24) is 0 Å². The van der Waals surface area contributed by atoms with E-state index in [1.54, 1.807) is 0 Å². The molecule has 0 radical (unpaired) electrons. The molecule has 4 aromatic rings. The van der Waals surface area contributed by atoms with Crippen molar-refractivity contribution in [2.75, 3.05) is 13.2 Å². The Kier molecular flexibility index (Phi) is 10.8. The van der Waals surface area contributed by atoms with Gasteiger partial charge in [0.2, 0.25) is 0 Å². The molecule has 2 aliphatic heterocycles. The molecule has 0 spiro atoms. The van der Waals surface area contributed by atoms with Crippen molar-refractivity contribution in [1.29, 1.82) is 0 Å². The lowest BCUT2D eigenvalue weighted by molar-refractivity contribution is -0.231. The van der Waals surface area contributed by atoms with Gasteiger partial charge in [-0.15, -0.1) is 0 Å². The molecular formula is C32H32F2O14S. The van der Waals surface area contributed by atoms with Crippen LogP contribution in [0.1, 0.15) is 11.1 Å². The lowest BCUT2D eigenvalue weighted by Crippen LogP contribution is -2.61. The predicted molar refractivity (Wildman–Crippen MR) is 165 cm³/mol. The average molecular weight is 711 g/mol. The lowest BCUT2D eigenvalue weighted by atomic mass is 9.99. The monoisotopic (exact) mass is 710 g/mol. The van der Waals surface area contributed by atoms with Crippen molar-refractivity contribution in [3.8, 4) is 0 Å². The summed E-state index contributed by atoms with van der Waals surface area (Å²) in [6.45, 7) is -2.54. The minimum absolute atomic E-state index is 0.00456. The van der Waals surface area contributed by atoms with Gasteiger partial charge in [0, 0.05) is 0 Å². The Bertz CT molecular complexity index is 1770. The van der Waals surface area contributed by atoms with E-state index >= 15 is 0 Å². The van der Waals surface area contributed by atoms with Crippen LogP contribution in [0, 0.1) is 11.6 Å². The van der Waals surface area contributed by atoms with Gasteiger partial charge in [-0.25, -0.2) is 18.4 Å². The molecule has 10 atom stereocenters. The van der Waals surface area contributed by atoms with E-state index in [2.05, 4.69) is 0 Å². The Hall–Kier alpha value is -3.33. The molecule has 49 heavy (non-hydrogen) atoms.